The van der Waals surface area contributed by atoms with E-state index in [1.54, 1.807) is 24.3 Å². The van der Waals surface area contributed by atoms with Crippen molar-refractivity contribution in [3.8, 4) is 0 Å². The zero-order valence-electron chi connectivity index (χ0n) is 11.9. The van der Waals surface area contributed by atoms with Crippen molar-refractivity contribution in [3.05, 3.63) is 34.9 Å². The Morgan fingerprint density at radius 3 is 2.55 bits per heavy atom. The lowest BCUT2D eigenvalue weighted by molar-refractivity contribution is -0.120. The number of benzene rings is 1. The van der Waals surface area contributed by atoms with E-state index in [1.807, 2.05) is 20.8 Å². The zero-order valence-corrected chi connectivity index (χ0v) is 13.5. The summed E-state index contributed by atoms with van der Waals surface area (Å²) >= 11 is 5.81. The summed E-state index contributed by atoms with van der Waals surface area (Å²) in [5.74, 6) is -1.17. The van der Waals surface area contributed by atoms with E-state index < -0.39 is 27.0 Å². The van der Waals surface area contributed by atoms with Gasteiger partial charge < -0.3 is 5.32 Å². The lowest BCUT2D eigenvalue weighted by Gasteiger charge is -2.24. The summed E-state index contributed by atoms with van der Waals surface area (Å²) in [5, 5.41) is 3.20. The van der Waals surface area contributed by atoms with Crippen molar-refractivity contribution in [2.75, 3.05) is 5.75 Å². The molecule has 0 spiro atoms. The molecule has 6 heteroatoms. The highest BCUT2D eigenvalue weighted by Gasteiger charge is 2.22. The fourth-order valence-electron chi connectivity index (χ4n) is 1.63. The Morgan fingerprint density at radius 1 is 1.35 bits per heavy atom. The monoisotopic (exact) mass is 317 g/mol. The second-order valence-electron chi connectivity index (χ2n) is 5.45. The molecule has 1 aromatic rings. The molecule has 0 aliphatic rings. The Hall–Kier alpha value is -1.07. The number of halogens is 1. The third-order valence-electron chi connectivity index (χ3n) is 2.99. The average molecular weight is 318 g/mol. The van der Waals surface area contributed by atoms with Crippen molar-refractivity contribution in [1.29, 1.82) is 0 Å². The van der Waals surface area contributed by atoms with E-state index in [9.17, 15) is 13.2 Å². The molecule has 0 aliphatic carbocycles. The number of nitrogens with one attached hydrogen (secondary N) is 1. The number of sulfone groups is 1. The predicted octanol–water partition coefficient (Wildman–Crippen LogP) is 2.56. The van der Waals surface area contributed by atoms with Crippen LogP contribution in [0.4, 0.5) is 0 Å². The zero-order chi connectivity index (χ0) is 15.4. The molecular formula is C14H20ClNO3S. The Balaban J connectivity index is 2.69. The molecule has 1 rings (SSSR count). The van der Waals surface area contributed by atoms with Gasteiger partial charge in [-0.3, -0.25) is 4.79 Å². The molecule has 0 saturated carbocycles. The molecule has 0 aliphatic heterocycles. The first-order chi connectivity index (χ1) is 9.13. The van der Waals surface area contributed by atoms with Gasteiger partial charge in [0, 0.05) is 10.6 Å². The fourth-order valence-corrected chi connectivity index (χ4v) is 3.11. The third-order valence-corrected chi connectivity index (χ3v) is 4.70. The molecule has 0 saturated heterocycles. The molecule has 112 valence electrons. The van der Waals surface area contributed by atoms with E-state index in [2.05, 4.69) is 5.32 Å². The molecule has 0 bridgehead atoms. The molecule has 0 aromatic heterocycles. The van der Waals surface area contributed by atoms with Gasteiger partial charge in [-0.1, -0.05) is 30.7 Å². The van der Waals surface area contributed by atoms with Gasteiger partial charge in [0.15, 0.2) is 9.84 Å². The maximum atomic E-state index is 12.0. The van der Waals surface area contributed by atoms with E-state index in [1.165, 1.54) is 0 Å². The van der Waals surface area contributed by atoms with E-state index in [4.69, 9.17) is 11.6 Å². The number of hydrogen-bond donors (Lipinski definition) is 1. The highest BCUT2D eigenvalue weighted by Crippen LogP contribution is 2.14. The van der Waals surface area contributed by atoms with Gasteiger partial charge in [0.1, 0.15) is 5.75 Å². The van der Waals surface area contributed by atoms with Gasteiger partial charge in [-0.05, 0) is 38.0 Å². The van der Waals surface area contributed by atoms with Crippen molar-refractivity contribution >= 4 is 27.3 Å². The fraction of sp³-hybridized carbons (Fsp3) is 0.500. The van der Waals surface area contributed by atoms with Crippen molar-refractivity contribution < 1.29 is 13.2 Å². The van der Waals surface area contributed by atoms with Crippen molar-refractivity contribution in [3.63, 3.8) is 0 Å². The molecule has 1 amide bonds. The lowest BCUT2D eigenvalue weighted by atomic mass is 10.0. The third kappa shape index (κ3) is 5.92. The minimum Gasteiger partial charge on any atom is -0.350 e. The van der Waals surface area contributed by atoms with Gasteiger partial charge in [0.2, 0.25) is 5.91 Å². The largest absolute Gasteiger partial charge is 0.350 e. The molecule has 1 N–H and O–H groups in total. The minimum atomic E-state index is -3.50. The number of amides is 1. The van der Waals surface area contributed by atoms with E-state index in [-0.39, 0.29) is 5.75 Å². The van der Waals surface area contributed by atoms with Crippen LogP contribution in [0.15, 0.2) is 24.3 Å². The van der Waals surface area contributed by atoms with Crippen LogP contribution in [0, 0.1) is 0 Å². The average Bonchev–Trinajstić information content (AvgIpc) is 2.26. The SMILES string of the molecule is CCC(C)(C)NC(=O)CS(=O)(=O)Cc1cccc(Cl)c1. The first kappa shape index (κ1) is 17.0. The minimum absolute atomic E-state index is 0.187. The van der Waals surface area contributed by atoms with Crippen LogP contribution in [0.2, 0.25) is 5.02 Å². The maximum absolute atomic E-state index is 12.0. The molecule has 1 aromatic carbocycles. The lowest BCUT2D eigenvalue weighted by Crippen LogP contribution is -2.45. The molecule has 0 unspecified atom stereocenters. The second kappa shape index (κ2) is 6.59. The first-order valence-corrected chi connectivity index (χ1v) is 8.59. The van der Waals surface area contributed by atoms with Crippen LogP contribution in [0.1, 0.15) is 32.8 Å². The number of carbonyl (C=O) groups excluding carboxylic acids is 1. The van der Waals surface area contributed by atoms with Crippen LogP contribution in [0.5, 0.6) is 0 Å². The van der Waals surface area contributed by atoms with Crippen molar-refractivity contribution in [1.82, 2.24) is 5.32 Å². The molecular weight excluding hydrogens is 298 g/mol. The quantitative estimate of drug-likeness (QED) is 0.877. The Bertz CT molecular complexity index is 582. The van der Waals surface area contributed by atoms with Gasteiger partial charge in [-0.25, -0.2) is 8.42 Å². The molecule has 0 radical (unpaired) electrons. The van der Waals surface area contributed by atoms with Gasteiger partial charge in [-0.15, -0.1) is 0 Å². The van der Waals surface area contributed by atoms with Crippen molar-refractivity contribution in [2.24, 2.45) is 0 Å². The highest BCUT2D eigenvalue weighted by atomic mass is 35.5. The summed E-state index contributed by atoms with van der Waals surface area (Å²) in [4.78, 5) is 11.8. The van der Waals surface area contributed by atoms with Gasteiger partial charge in [0.25, 0.3) is 0 Å². The van der Waals surface area contributed by atoms with Crippen LogP contribution < -0.4 is 5.32 Å². The summed E-state index contributed by atoms with van der Waals surface area (Å²) < 4.78 is 24.0. The smallest absolute Gasteiger partial charge is 0.235 e. The molecule has 20 heavy (non-hydrogen) atoms. The van der Waals surface area contributed by atoms with Crippen LogP contribution >= 0.6 is 11.6 Å². The number of hydrogen-bond acceptors (Lipinski definition) is 3. The van der Waals surface area contributed by atoms with Crippen LogP contribution in [-0.2, 0) is 20.4 Å². The maximum Gasteiger partial charge on any atom is 0.235 e. The summed E-state index contributed by atoms with van der Waals surface area (Å²) in [6.45, 7) is 5.64. The van der Waals surface area contributed by atoms with Crippen LogP contribution in [0.3, 0.4) is 0 Å². The van der Waals surface area contributed by atoms with E-state index in [0.29, 0.717) is 10.6 Å². The van der Waals surface area contributed by atoms with E-state index in [0.717, 1.165) is 6.42 Å². The van der Waals surface area contributed by atoms with Crippen LogP contribution in [0.25, 0.3) is 0 Å². The summed E-state index contributed by atoms with van der Waals surface area (Å²) in [7, 11) is -3.50. The highest BCUT2D eigenvalue weighted by molar-refractivity contribution is 7.91. The molecule has 0 fully saturated rings. The molecule has 4 nitrogen and oxygen atoms in total. The van der Waals surface area contributed by atoms with Crippen LogP contribution in [-0.4, -0.2) is 25.6 Å². The molecule has 0 atom stereocenters. The topological polar surface area (TPSA) is 63.2 Å². The molecule has 0 heterocycles. The summed E-state index contributed by atoms with van der Waals surface area (Å²) in [5.41, 5.74) is 0.183. The Morgan fingerprint density at radius 2 is 2.00 bits per heavy atom. The van der Waals surface area contributed by atoms with Gasteiger partial charge in [0.05, 0.1) is 5.75 Å². The van der Waals surface area contributed by atoms with E-state index >= 15 is 0 Å². The van der Waals surface area contributed by atoms with Crippen molar-refractivity contribution in [2.45, 2.75) is 38.5 Å². The number of carbonyl (C=O) groups is 1. The van der Waals surface area contributed by atoms with Gasteiger partial charge in [-0.2, -0.15) is 0 Å². The first-order valence-electron chi connectivity index (χ1n) is 6.39. The predicted molar refractivity (Wildman–Crippen MR) is 81.5 cm³/mol. The summed E-state index contributed by atoms with van der Waals surface area (Å²) in [6.07, 6.45) is 0.729. The summed E-state index contributed by atoms with van der Waals surface area (Å²) in [6, 6.07) is 6.63. The van der Waals surface area contributed by atoms with Gasteiger partial charge >= 0.3 is 0 Å². The second-order valence-corrected chi connectivity index (χ2v) is 7.95. The Labute approximate surface area is 125 Å². The standard InChI is InChI=1S/C14H20ClNO3S/c1-4-14(2,3)16-13(17)10-20(18,19)9-11-6-5-7-12(15)8-11/h5-8H,4,9-10H2,1-3H3,(H,16,17). The number of rotatable bonds is 6. The Kier molecular flexibility index (Phi) is 5.59. The normalized spacial score (nSPS) is 12.2.